The van der Waals surface area contributed by atoms with Gasteiger partial charge < -0.3 is 4.90 Å². The number of likely N-dealkylation sites (tertiary alicyclic amines) is 1. The first-order chi connectivity index (χ1) is 10.5. The number of benzene rings is 1. The molecule has 2 aromatic rings. The predicted molar refractivity (Wildman–Crippen MR) is 84.9 cm³/mol. The van der Waals surface area contributed by atoms with Gasteiger partial charge in [0, 0.05) is 25.6 Å². The van der Waals surface area contributed by atoms with Crippen LogP contribution in [0, 0.1) is 0 Å². The molecule has 1 saturated heterocycles. The van der Waals surface area contributed by atoms with Crippen LogP contribution in [0.4, 0.5) is 0 Å². The molecule has 0 unspecified atom stereocenters. The van der Waals surface area contributed by atoms with Crippen molar-refractivity contribution in [3.63, 3.8) is 0 Å². The number of hydrogen-bond acceptors (Lipinski definition) is 4. The summed E-state index contributed by atoms with van der Waals surface area (Å²) in [5.74, 6) is -0.0252. The minimum atomic E-state index is -3.53. The van der Waals surface area contributed by atoms with E-state index in [4.69, 9.17) is 0 Å². The number of nitrogens with one attached hydrogen (secondary N) is 1. The minimum absolute atomic E-state index is 0.0252. The van der Waals surface area contributed by atoms with Gasteiger partial charge in [0.25, 0.3) is 0 Å². The summed E-state index contributed by atoms with van der Waals surface area (Å²) >= 11 is 1.17. The molecule has 1 fully saturated rings. The number of carbonyl (C=O) groups is 1. The van der Waals surface area contributed by atoms with Crippen LogP contribution in [0.15, 0.2) is 52.1 Å². The zero-order valence-electron chi connectivity index (χ0n) is 11.8. The van der Waals surface area contributed by atoms with E-state index in [1.54, 1.807) is 22.4 Å². The molecule has 1 N–H and O–H groups in total. The summed E-state index contributed by atoms with van der Waals surface area (Å²) in [7, 11) is -3.53. The molecule has 7 heteroatoms. The van der Waals surface area contributed by atoms with Crippen molar-refractivity contribution in [2.75, 3.05) is 6.54 Å². The number of sulfonamides is 1. The van der Waals surface area contributed by atoms with Crippen LogP contribution < -0.4 is 4.72 Å². The first-order valence-corrected chi connectivity index (χ1v) is 9.28. The largest absolute Gasteiger partial charge is 0.337 e. The fourth-order valence-corrected chi connectivity index (χ4v) is 4.74. The van der Waals surface area contributed by atoms with Gasteiger partial charge in [0.2, 0.25) is 15.9 Å². The van der Waals surface area contributed by atoms with Gasteiger partial charge in [-0.05, 0) is 17.0 Å². The van der Waals surface area contributed by atoms with E-state index in [1.807, 2.05) is 30.3 Å². The maximum absolute atomic E-state index is 12.2. The molecule has 0 bridgehead atoms. The van der Waals surface area contributed by atoms with Gasteiger partial charge in [0.1, 0.15) is 4.21 Å². The van der Waals surface area contributed by atoms with Gasteiger partial charge in [-0.1, -0.05) is 36.4 Å². The van der Waals surface area contributed by atoms with Crippen molar-refractivity contribution in [1.29, 1.82) is 0 Å². The van der Waals surface area contributed by atoms with E-state index in [2.05, 4.69) is 4.72 Å². The number of amides is 1. The van der Waals surface area contributed by atoms with Gasteiger partial charge >= 0.3 is 0 Å². The van der Waals surface area contributed by atoms with E-state index in [-0.39, 0.29) is 22.6 Å². The molecule has 1 atom stereocenters. The second kappa shape index (κ2) is 6.20. The summed E-state index contributed by atoms with van der Waals surface area (Å²) in [4.78, 5) is 13.7. The van der Waals surface area contributed by atoms with Crippen molar-refractivity contribution in [2.45, 2.75) is 23.2 Å². The summed E-state index contributed by atoms with van der Waals surface area (Å²) in [5.41, 5.74) is 1.04. The van der Waals surface area contributed by atoms with Crippen LogP contribution in [0.25, 0.3) is 0 Å². The van der Waals surface area contributed by atoms with Crippen molar-refractivity contribution in [3.8, 4) is 0 Å². The number of nitrogens with zero attached hydrogens (tertiary/aromatic N) is 1. The van der Waals surface area contributed by atoms with Gasteiger partial charge in [-0.15, -0.1) is 11.3 Å². The molecular formula is C15H16N2O3S2. The van der Waals surface area contributed by atoms with Crippen molar-refractivity contribution in [1.82, 2.24) is 9.62 Å². The lowest BCUT2D eigenvalue weighted by Gasteiger charge is -2.17. The van der Waals surface area contributed by atoms with Gasteiger partial charge in [-0.25, -0.2) is 13.1 Å². The highest BCUT2D eigenvalue weighted by Gasteiger charge is 2.32. The lowest BCUT2D eigenvalue weighted by atomic mass is 10.2. The SMILES string of the molecule is O=C1C[C@@H](NS(=O)(=O)c2cccs2)CN1Cc1ccccc1. The summed E-state index contributed by atoms with van der Waals surface area (Å²) in [5, 5.41) is 1.72. The molecular weight excluding hydrogens is 320 g/mol. The summed E-state index contributed by atoms with van der Waals surface area (Å²) in [6, 6.07) is 12.6. The fraction of sp³-hybridized carbons (Fsp3) is 0.267. The average Bonchev–Trinajstić information content (AvgIpc) is 3.11. The number of thiophene rings is 1. The smallest absolute Gasteiger partial charge is 0.250 e. The molecule has 1 amide bonds. The molecule has 1 aliphatic rings. The standard InChI is InChI=1S/C15H16N2O3S2/c18-14-9-13(16-22(19,20)15-7-4-8-21-15)11-17(14)10-12-5-2-1-3-6-12/h1-8,13,16H,9-11H2/t13-/m1/s1. The lowest BCUT2D eigenvalue weighted by Crippen LogP contribution is -2.36. The number of hydrogen-bond donors (Lipinski definition) is 1. The Balaban J connectivity index is 1.65. The van der Waals surface area contributed by atoms with Crippen molar-refractivity contribution < 1.29 is 13.2 Å². The molecule has 1 aromatic heterocycles. The highest BCUT2D eigenvalue weighted by molar-refractivity contribution is 7.91. The summed E-state index contributed by atoms with van der Waals surface area (Å²) < 4.78 is 27.3. The Morgan fingerprint density at radius 3 is 2.64 bits per heavy atom. The van der Waals surface area contributed by atoms with E-state index in [0.717, 1.165) is 5.56 Å². The highest BCUT2D eigenvalue weighted by Crippen LogP contribution is 2.20. The Kier molecular flexibility index (Phi) is 4.28. The summed E-state index contributed by atoms with van der Waals surface area (Å²) in [6.07, 6.45) is 0.206. The van der Waals surface area contributed by atoms with Crippen molar-refractivity contribution >= 4 is 27.3 Å². The van der Waals surface area contributed by atoms with Crippen LogP contribution >= 0.6 is 11.3 Å². The van der Waals surface area contributed by atoms with E-state index in [9.17, 15) is 13.2 Å². The van der Waals surface area contributed by atoms with Gasteiger partial charge in [0.05, 0.1) is 0 Å². The Labute approximate surface area is 133 Å². The normalized spacial score (nSPS) is 18.8. The molecule has 0 saturated carbocycles. The van der Waals surface area contributed by atoms with Crippen LogP contribution in [0.3, 0.4) is 0 Å². The second-order valence-electron chi connectivity index (χ2n) is 5.21. The third-order valence-electron chi connectivity index (χ3n) is 3.51. The maximum Gasteiger partial charge on any atom is 0.250 e. The van der Waals surface area contributed by atoms with Crippen molar-refractivity contribution in [3.05, 3.63) is 53.4 Å². The zero-order chi connectivity index (χ0) is 15.6. The highest BCUT2D eigenvalue weighted by atomic mass is 32.2. The predicted octanol–water partition coefficient (Wildman–Crippen LogP) is 1.83. The molecule has 0 radical (unpaired) electrons. The van der Waals surface area contributed by atoms with Crippen LogP contribution in [0.1, 0.15) is 12.0 Å². The van der Waals surface area contributed by atoms with E-state index in [1.165, 1.54) is 11.3 Å². The van der Waals surface area contributed by atoms with Crippen LogP contribution in [0.5, 0.6) is 0 Å². The van der Waals surface area contributed by atoms with Crippen LogP contribution in [0.2, 0.25) is 0 Å². The average molecular weight is 336 g/mol. The maximum atomic E-state index is 12.2. The van der Waals surface area contributed by atoms with Crippen LogP contribution in [-0.4, -0.2) is 31.8 Å². The second-order valence-corrected chi connectivity index (χ2v) is 8.10. The molecule has 5 nitrogen and oxygen atoms in total. The first kappa shape index (κ1) is 15.2. The first-order valence-electron chi connectivity index (χ1n) is 6.92. The van der Waals surface area contributed by atoms with Gasteiger partial charge in [-0.2, -0.15) is 0 Å². The Morgan fingerprint density at radius 1 is 1.18 bits per heavy atom. The van der Waals surface area contributed by atoms with Gasteiger partial charge in [0.15, 0.2) is 0 Å². The summed E-state index contributed by atoms with van der Waals surface area (Å²) in [6.45, 7) is 0.912. The Morgan fingerprint density at radius 2 is 1.95 bits per heavy atom. The monoisotopic (exact) mass is 336 g/mol. The third kappa shape index (κ3) is 3.37. The van der Waals surface area contributed by atoms with E-state index >= 15 is 0 Å². The molecule has 3 rings (SSSR count). The molecule has 116 valence electrons. The van der Waals surface area contributed by atoms with E-state index in [0.29, 0.717) is 13.1 Å². The third-order valence-corrected chi connectivity index (χ3v) is 6.43. The number of rotatable bonds is 5. The molecule has 2 heterocycles. The molecule has 0 spiro atoms. The quantitative estimate of drug-likeness (QED) is 0.906. The molecule has 0 aliphatic carbocycles. The van der Waals surface area contributed by atoms with Crippen LogP contribution in [-0.2, 0) is 21.4 Å². The number of carbonyl (C=O) groups excluding carboxylic acids is 1. The van der Waals surface area contributed by atoms with Gasteiger partial charge in [-0.3, -0.25) is 4.79 Å². The zero-order valence-corrected chi connectivity index (χ0v) is 13.4. The van der Waals surface area contributed by atoms with E-state index < -0.39 is 10.0 Å². The molecule has 1 aromatic carbocycles. The fourth-order valence-electron chi connectivity index (χ4n) is 2.50. The Bertz CT molecular complexity index is 742. The molecule has 1 aliphatic heterocycles. The molecule has 22 heavy (non-hydrogen) atoms. The topological polar surface area (TPSA) is 66.5 Å². The minimum Gasteiger partial charge on any atom is -0.337 e. The van der Waals surface area contributed by atoms with Crippen molar-refractivity contribution in [2.24, 2.45) is 0 Å². The lowest BCUT2D eigenvalue weighted by molar-refractivity contribution is -0.128. The Hall–Kier alpha value is -1.70.